The molecule has 4 nitrogen and oxygen atoms in total. The van der Waals surface area contributed by atoms with Gasteiger partial charge >= 0.3 is 0 Å². The van der Waals surface area contributed by atoms with Crippen molar-refractivity contribution in [2.75, 3.05) is 19.6 Å². The second-order valence-electron chi connectivity index (χ2n) is 5.43. The van der Waals surface area contributed by atoms with Gasteiger partial charge < -0.3 is 15.4 Å². The van der Waals surface area contributed by atoms with Gasteiger partial charge in [0.1, 0.15) is 11.9 Å². The van der Waals surface area contributed by atoms with Crippen molar-refractivity contribution in [3.63, 3.8) is 0 Å². The summed E-state index contributed by atoms with van der Waals surface area (Å²) in [6.07, 6.45) is 2.77. The van der Waals surface area contributed by atoms with Crippen molar-refractivity contribution in [1.82, 2.24) is 4.90 Å². The predicted molar refractivity (Wildman–Crippen MR) is 79.5 cm³/mol. The molecule has 1 aliphatic rings. The number of ether oxygens (including phenoxy) is 1. The zero-order chi connectivity index (χ0) is 14.4. The molecule has 1 amide bonds. The van der Waals surface area contributed by atoms with Crippen molar-refractivity contribution in [3.05, 3.63) is 30.3 Å². The Morgan fingerprint density at radius 2 is 2.00 bits per heavy atom. The third-order valence-corrected chi connectivity index (χ3v) is 3.82. The summed E-state index contributed by atoms with van der Waals surface area (Å²) in [5.41, 5.74) is 5.51. The van der Waals surface area contributed by atoms with E-state index in [0.717, 1.165) is 38.1 Å². The summed E-state index contributed by atoms with van der Waals surface area (Å²) in [6.45, 7) is 4.10. The lowest BCUT2D eigenvalue weighted by atomic mass is 10.0. The lowest BCUT2D eigenvalue weighted by molar-refractivity contribution is -0.136. The van der Waals surface area contributed by atoms with Crippen LogP contribution in [0.2, 0.25) is 0 Å². The Labute approximate surface area is 120 Å². The number of nitrogens with zero attached hydrogens (tertiary/aromatic N) is 1. The fourth-order valence-electron chi connectivity index (χ4n) is 2.57. The van der Waals surface area contributed by atoms with Crippen LogP contribution in [0.15, 0.2) is 30.3 Å². The Bertz CT molecular complexity index is 414. The zero-order valence-electron chi connectivity index (χ0n) is 12.1. The van der Waals surface area contributed by atoms with Crippen LogP contribution in [0.5, 0.6) is 5.75 Å². The van der Waals surface area contributed by atoms with Gasteiger partial charge in [0.15, 0.2) is 0 Å². The van der Waals surface area contributed by atoms with E-state index in [4.69, 9.17) is 10.5 Å². The molecule has 110 valence electrons. The first-order chi connectivity index (χ1) is 9.70. The number of piperidine rings is 1. The number of hydrogen-bond donors (Lipinski definition) is 1. The topological polar surface area (TPSA) is 55.6 Å². The standard InChI is InChI=1S/C16H24N2O2/c1-13(7-10-17)16(19)18-11-8-15(9-12-18)20-14-5-3-2-4-6-14/h2-6,13,15H,7-12,17H2,1H3. The maximum absolute atomic E-state index is 12.2. The average molecular weight is 276 g/mol. The summed E-state index contributed by atoms with van der Waals surface area (Å²) in [7, 11) is 0. The van der Waals surface area contributed by atoms with Crippen LogP contribution in [0, 0.1) is 5.92 Å². The van der Waals surface area contributed by atoms with Gasteiger partial charge in [-0.1, -0.05) is 25.1 Å². The second-order valence-corrected chi connectivity index (χ2v) is 5.43. The zero-order valence-corrected chi connectivity index (χ0v) is 12.1. The maximum Gasteiger partial charge on any atom is 0.225 e. The highest BCUT2D eigenvalue weighted by Gasteiger charge is 2.26. The number of rotatable bonds is 5. The van der Waals surface area contributed by atoms with E-state index in [2.05, 4.69) is 0 Å². The lowest BCUT2D eigenvalue weighted by Gasteiger charge is -2.33. The number of para-hydroxylation sites is 1. The summed E-state index contributed by atoms with van der Waals surface area (Å²) < 4.78 is 5.93. The molecule has 0 aliphatic carbocycles. The highest BCUT2D eigenvalue weighted by molar-refractivity contribution is 5.78. The fraction of sp³-hybridized carbons (Fsp3) is 0.562. The van der Waals surface area contributed by atoms with Crippen LogP contribution in [0.1, 0.15) is 26.2 Å². The van der Waals surface area contributed by atoms with Gasteiger partial charge in [0.2, 0.25) is 5.91 Å². The van der Waals surface area contributed by atoms with Gasteiger partial charge in [0.25, 0.3) is 0 Å². The highest BCUT2D eigenvalue weighted by atomic mass is 16.5. The third-order valence-electron chi connectivity index (χ3n) is 3.82. The first-order valence-electron chi connectivity index (χ1n) is 7.41. The van der Waals surface area contributed by atoms with Crippen molar-refractivity contribution >= 4 is 5.91 Å². The average Bonchev–Trinajstić information content (AvgIpc) is 2.48. The number of likely N-dealkylation sites (tertiary alicyclic amines) is 1. The van der Waals surface area contributed by atoms with Gasteiger partial charge in [-0.15, -0.1) is 0 Å². The first kappa shape index (κ1) is 14.9. The van der Waals surface area contributed by atoms with Crippen LogP contribution in [-0.4, -0.2) is 36.5 Å². The molecule has 20 heavy (non-hydrogen) atoms. The summed E-state index contributed by atoms with van der Waals surface area (Å²) >= 11 is 0. The molecule has 1 atom stereocenters. The molecular weight excluding hydrogens is 252 g/mol. The highest BCUT2D eigenvalue weighted by Crippen LogP contribution is 2.20. The Kier molecular flexibility index (Phi) is 5.41. The van der Waals surface area contributed by atoms with E-state index in [1.54, 1.807) is 0 Å². The van der Waals surface area contributed by atoms with Crippen LogP contribution < -0.4 is 10.5 Å². The molecule has 1 heterocycles. The van der Waals surface area contributed by atoms with Gasteiger partial charge in [0, 0.05) is 31.8 Å². The molecule has 1 unspecified atom stereocenters. The molecule has 1 aliphatic heterocycles. The van der Waals surface area contributed by atoms with Crippen LogP contribution in [0.25, 0.3) is 0 Å². The SMILES string of the molecule is CC(CCN)C(=O)N1CCC(Oc2ccccc2)CC1. The van der Waals surface area contributed by atoms with Gasteiger partial charge in [0.05, 0.1) is 0 Å². The van der Waals surface area contributed by atoms with E-state index in [1.165, 1.54) is 0 Å². The normalized spacial score (nSPS) is 17.8. The molecule has 0 saturated carbocycles. The van der Waals surface area contributed by atoms with Crippen LogP contribution in [0.4, 0.5) is 0 Å². The number of carbonyl (C=O) groups is 1. The molecule has 1 fully saturated rings. The maximum atomic E-state index is 12.2. The minimum absolute atomic E-state index is 0.0339. The van der Waals surface area contributed by atoms with Crippen molar-refractivity contribution in [2.24, 2.45) is 11.7 Å². The van der Waals surface area contributed by atoms with Crippen LogP contribution >= 0.6 is 0 Å². The Morgan fingerprint density at radius 1 is 1.35 bits per heavy atom. The molecule has 0 spiro atoms. The first-order valence-corrected chi connectivity index (χ1v) is 7.41. The molecule has 1 aromatic carbocycles. The molecule has 0 radical (unpaired) electrons. The smallest absolute Gasteiger partial charge is 0.225 e. The van der Waals surface area contributed by atoms with Crippen molar-refractivity contribution < 1.29 is 9.53 Å². The van der Waals surface area contributed by atoms with E-state index in [-0.39, 0.29) is 17.9 Å². The monoisotopic (exact) mass is 276 g/mol. The van der Waals surface area contributed by atoms with Gasteiger partial charge in [-0.25, -0.2) is 0 Å². The largest absolute Gasteiger partial charge is 0.490 e. The number of hydrogen-bond acceptors (Lipinski definition) is 3. The van der Waals surface area contributed by atoms with E-state index in [1.807, 2.05) is 42.2 Å². The third kappa shape index (κ3) is 3.97. The number of nitrogens with two attached hydrogens (primary N) is 1. The van der Waals surface area contributed by atoms with Gasteiger partial charge in [-0.3, -0.25) is 4.79 Å². The minimum atomic E-state index is 0.0339. The molecule has 2 N–H and O–H groups in total. The summed E-state index contributed by atoms with van der Waals surface area (Å²) in [5, 5.41) is 0. The number of carbonyl (C=O) groups excluding carboxylic acids is 1. The van der Waals surface area contributed by atoms with E-state index in [9.17, 15) is 4.79 Å². The number of benzene rings is 1. The number of amides is 1. The Balaban J connectivity index is 1.79. The van der Waals surface area contributed by atoms with E-state index < -0.39 is 0 Å². The van der Waals surface area contributed by atoms with Crippen molar-refractivity contribution in [3.8, 4) is 5.75 Å². The predicted octanol–water partition coefficient (Wildman–Crippen LogP) is 2.04. The van der Waals surface area contributed by atoms with E-state index in [0.29, 0.717) is 6.54 Å². The quantitative estimate of drug-likeness (QED) is 0.895. The Hall–Kier alpha value is -1.55. The minimum Gasteiger partial charge on any atom is -0.490 e. The summed E-state index contributed by atoms with van der Waals surface area (Å²) in [6, 6.07) is 9.87. The molecule has 1 saturated heterocycles. The van der Waals surface area contributed by atoms with Gasteiger partial charge in [-0.2, -0.15) is 0 Å². The Morgan fingerprint density at radius 3 is 2.60 bits per heavy atom. The van der Waals surface area contributed by atoms with Crippen molar-refractivity contribution in [2.45, 2.75) is 32.3 Å². The molecule has 0 aromatic heterocycles. The van der Waals surface area contributed by atoms with Crippen molar-refractivity contribution in [1.29, 1.82) is 0 Å². The molecule has 1 aromatic rings. The van der Waals surface area contributed by atoms with Crippen LogP contribution in [0.3, 0.4) is 0 Å². The fourth-order valence-corrected chi connectivity index (χ4v) is 2.57. The van der Waals surface area contributed by atoms with Crippen LogP contribution in [-0.2, 0) is 4.79 Å². The molecule has 4 heteroatoms. The second kappa shape index (κ2) is 7.29. The lowest BCUT2D eigenvalue weighted by Crippen LogP contribution is -2.44. The summed E-state index contributed by atoms with van der Waals surface area (Å²) in [5.74, 6) is 1.17. The summed E-state index contributed by atoms with van der Waals surface area (Å²) in [4.78, 5) is 14.1. The van der Waals surface area contributed by atoms with Gasteiger partial charge in [-0.05, 0) is 25.1 Å². The molecule has 0 bridgehead atoms. The van der Waals surface area contributed by atoms with E-state index >= 15 is 0 Å². The molecule has 2 rings (SSSR count). The molecular formula is C16H24N2O2.